The number of halogens is 1. The highest BCUT2D eigenvalue weighted by Gasteiger charge is 2.26. The molecule has 120 valence electrons. The van der Waals surface area contributed by atoms with Crippen LogP contribution in [0.5, 0.6) is 5.75 Å². The predicted molar refractivity (Wildman–Crippen MR) is 92.8 cm³/mol. The van der Waals surface area contributed by atoms with Crippen LogP contribution >= 0.6 is 0 Å². The first-order chi connectivity index (χ1) is 11.0. The summed E-state index contributed by atoms with van der Waals surface area (Å²) in [6.45, 7) is 6.35. The van der Waals surface area contributed by atoms with E-state index >= 15 is 0 Å². The van der Waals surface area contributed by atoms with Gasteiger partial charge in [0.25, 0.3) is 0 Å². The minimum atomic E-state index is -0.331. The normalized spacial score (nSPS) is 11.9. The number of benzene rings is 2. The summed E-state index contributed by atoms with van der Waals surface area (Å²) >= 11 is 0. The van der Waals surface area contributed by atoms with Crippen molar-refractivity contribution in [1.29, 1.82) is 0 Å². The van der Waals surface area contributed by atoms with Crippen LogP contribution in [0.3, 0.4) is 0 Å². The van der Waals surface area contributed by atoms with E-state index in [9.17, 15) is 4.39 Å². The largest absolute Gasteiger partial charge is 0.494 e. The molecule has 0 saturated carbocycles. The fourth-order valence-corrected chi connectivity index (χ4v) is 2.95. The second kappa shape index (κ2) is 5.73. The van der Waals surface area contributed by atoms with Crippen molar-refractivity contribution in [2.75, 3.05) is 7.11 Å². The summed E-state index contributed by atoms with van der Waals surface area (Å²) in [5, 5.41) is 1.20. The van der Waals surface area contributed by atoms with Crippen molar-refractivity contribution < 1.29 is 9.13 Å². The van der Waals surface area contributed by atoms with Crippen molar-refractivity contribution in [1.82, 2.24) is 4.98 Å². The van der Waals surface area contributed by atoms with Crippen LogP contribution in [-0.2, 0) is 11.8 Å². The Bertz CT molecular complexity index is 848. The molecule has 0 aliphatic carbocycles. The fourth-order valence-electron chi connectivity index (χ4n) is 2.95. The smallest absolute Gasteiger partial charge is 0.165 e. The number of aryl methyl sites for hydroxylation is 1. The van der Waals surface area contributed by atoms with Crippen LogP contribution in [0.4, 0.5) is 4.39 Å². The molecule has 1 N–H and O–H groups in total. The minimum absolute atomic E-state index is 0.272. The van der Waals surface area contributed by atoms with E-state index < -0.39 is 0 Å². The van der Waals surface area contributed by atoms with E-state index in [1.807, 2.05) is 6.07 Å². The molecule has 0 atom stereocenters. The summed E-state index contributed by atoms with van der Waals surface area (Å²) in [6.07, 6.45) is 1.02. The van der Waals surface area contributed by atoms with Crippen molar-refractivity contribution >= 4 is 10.9 Å². The lowest BCUT2D eigenvalue weighted by Crippen LogP contribution is -2.19. The molecule has 23 heavy (non-hydrogen) atoms. The van der Waals surface area contributed by atoms with Crippen molar-refractivity contribution in [3.63, 3.8) is 0 Å². The SMILES string of the molecule is CCc1ccc2[nH]c(C(C)(C)c3ccc(OC)c(F)c3)cc2c1. The summed E-state index contributed by atoms with van der Waals surface area (Å²) in [5.74, 6) is -0.0590. The van der Waals surface area contributed by atoms with Gasteiger partial charge in [0, 0.05) is 16.6 Å². The van der Waals surface area contributed by atoms with Gasteiger partial charge < -0.3 is 9.72 Å². The van der Waals surface area contributed by atoms with Gasteiger partial charge in [-0.25, -0.2) is 4.39 Å². The maximum atomic E-state index is 14.1. The van der Waals surface area contributed by atoms with Gasteiger partial charge in [-0.2, -0.15) is 0 Å². The Morgan fingerprint density at radius 3 is 2.52 bits per heavy atom. The second-order valence-electron chi connectivity index (χ2n) is 6.43. The molecule has 0 amide bonds. The molecule has 0 bridgehead atoms. The summed E-state index contributed by atoms with van der Waals surface area (Å²) in [6, 6.07) is 13.8. The molecule has 0 aliphatic rings. The molecule has 3 heteroatoms. The van der Waals surface area contributed by atoms with Crippen LogP contribution in [0.15, 0.2) is 42.5 Å². The summed E-state index contributed by atoms with van der Waals surface area (Å²) in [7, 11) is 1.48. The summed E-state index contributed by atoms with van der Waals surface area (Å²) in [5.41, 5.74) is 4.09. The van der Waals surface area contributed by atoms with Gasteiger partial charge in [0.05, 0.1) is 7.11 Å². The Hall–Kier alpha value is -2.29. The molecule has 3 rings (SSSR count). The van der Waals surface area contributed by atoms with E-state index in [4.69, 9.17) is 4.74 Å². The topological polar surface area (TPSA) is 25.0 Å². The molecule has 1 aromatic heterocycles. The molecule has 0 aliphatic heterocycles. The third-order valence-corrected chi connectivity index (χ3v) is 4.64. The molecule has 1 heterocycles. The lowest BCUT2D eigenvalue weighted by atomic mass is 9.81. The first kappa shape index (κ1) is 15.6. The lowest BCUT2D eigenvalue weighted by molar-refractivity contribution is 0.385. The van der Waals surface area contributed by atoms with Gasteiger partial charge in [-0.3, -0.25) is 0 Å². The minimum Gasteiger partial charge on any atom is -0.494 e. The second-order valence-corrected chi connectivity index (χ2v) is 6.43. The predicted octanol–water partition coefficient (Wildman–Crippen LogP) is 5.20. The number of aromatic nitrogens is 1. The standard InChI is InChI=1S/C20H22FNO/c1-5-13-6-8-17-14(10-13)11-19(22-17)20(2,3)15-7-9-18(23-4)16(21)12-15/h6-12,22H,5H2,1-4H3. The Morgan fingerprint density at radius 1 is 1.09 bits per heavy atom. The molecule has 2 nitrogen and oxygen atoms in total. The zero-order valence-electron chi connectivity index (χ0n) is 14.0. The molecular weight excluding hydrogens is 289 g/mol. The number of methoxy groups -OCH3 is 1. The third kappa shape index (κ3) is 2.72. The quantitative estimate of drug-likeness (QED) is 0.703. The van der Waals surface area contributed by atoms with Crippen LogP contribution in [0.2, 0.25) is 0 Å². The van der Waals surface area contributed by atoms with Crippen LogP contribution in [0.25, 0.3) is 10.9 Å². The number of hydrogen-bond acceptors (Lipinski definition) is 1. The molecule has 0 saturated heterocycles. The van der Waals surface area contributed by atoms with Gasteiger partial charge in [0.15, 0.2) is 11.6 Å². The lowest BCUT2D eigenvalue weighted by Gasteiger charge is -2.24. The maximum absolute atomic E-state index is 14.1. The molecule has 0 radical (unpaired) electrons. The van der Waals surface area contributed by atoms with E-state index in [1.54, 1.807) is 12.1 Å². The fraction of sp³-hybridized carbons (Fsp3) is 0.300. The number of hydrogen-bond donors (Lipinski definition) is 1. The number of fused-ring (bicyclic) bond motifs is 1. The molecule has 0 unspecified atom stereocenters. The van der Waals surface area contributed by atoms with Gasteiger partial charge in [0.1, 0.15) is 0 Å². The van der Waals surface area contributed by atoms with E-state index in [-0.39, 0.29) is 17.0 Å². The Kier molecular flexibility index (Phi) is 3.88. The van der Waals surface area contributed by atoms with Crippen molar-refractivity contribution in [2.24, 2.45) is 0 Å². The number of ether oxygens (including phenoxy) is 1. The van der Waals surface area contributed by atoms with Gasteiger partial charge in [-0.15, -0.1) is 0 Å². The van der Waals surface area contributed by atoms with Crippen molar-refractivity contribution in [2.45, 2.75) is 32.6 Å². The Balaban J connectivity index is 2.06. The van der Waals surface area contributed by atoms with E-state index in [0.29, 0.717) is 0 Å². The number of H-pyrrole nitrogens is 1. The van der Waals surface area contributed by atoms with Gasteiger partial charge >= 0.3 is 0 Å². The first-order valence-electron chi connectivity index (χ1n) is 7.92. The van der Waals surface area contributed by atoms with Gasteiger partial charge in [0.2, 0.25) is 0 Å². The average Bonchev–Trinajstić information content (AvgIpc) is 2.98. The third-order valence-electron chi connectivity index (χ3n) is 4.64. The zero-order chi connectivity index (χ0) is 16.6. The van der Waals surface area contributed by atoms with E-state index in [0.717, 1.165) is 23.2 Å². The summed E-state index contributed by atoms with van der Waals surface area (Å²) < 4.78 is 19.1. The van der Waals surface area contributed by atoms with Gasteiger partial charge in [-0.05, 0) is 53.3 Å². The highest BCUT2D eigenvalue weighted by atomic mass is 19.1. The molecule has 2 aromatic carbocycles. The van der Waals surface area contributed by atoms with Crippen molar-refractivity contribution in [3.8, 4) is 5.75 Å². The zero-order valence-corrected chi connectivity index (χ0v) is 14.0. The van der Waals surface area contributed by atoms with Crippen LogP contribution < -0.4 is 4.74 Å². The van der Waals surface area contributed by atoms with Crippen molar-refractivity contribution in [3.05, 3.63) is 65.1 Å². The monoisotopic (exact) mass is 311 g/mol. The average molecular weight is 311 g/mol. The Morgan fingerprint density at radius 2 is 1.87 bits per heavy atom. The molecule has 0 fully saturated rings. The number of nitrogens with one attached hydrogen (secondary N) is 1. The molecular formula is C20H22FNO. The highest BCUT2D eigenvalue weighted by Crippen LogP contribution is 2.34. The Labute approximate surface area is 136 Å². The van der Waals surface area contributed by atoms with Gasteiger partial charge in [-0.1, -0.05) is 32.9 Å². The number of rotatable bonds is 4. The van der Waals surface area contributed by atoms with E-state index in [1.165, 1.54) is 18.1 Å². The first-order valence-corrected chi connectivity index (χ1v) is 7.92. The summed E-state index contributed by atoms with van der Waals surface area (Å²) in [4.78, 5) is 3.48. The van der Waals surface area contributed by atoms with Crippen LogP contribution in [-0.4, -0.2) is 12.1 Å². The highest BCUT2D eigenvalue weighted by molar-refractivity contribution is 5.81. The van der Waals surface area contributed by atoms with Crippen LogP contribution in [0.1, 0.15) is 37.6 Å². The van der Waals surface area contributed by atoms with Crippen LogP contribution in [0, 0.1) is 5.82 Å². The number of aromatic amines is 1. The molecule has 3 aromatic rings. The maximum Gasteiger partial charge on any atom is 0.165 e. The van der Waals surface area contributed by atoms with E-state index in [2.05, 4.69) is 50.0 Å². The molecule has 0 spiro atoms.